The average Bonchev–Trinajstić information content (AvgIpc) is 3.38. The van der Waals surface area contributed by atoms with E-state index in [0.717, 1.165) is 0 Å². The van der Waals surface area contributed by atoms with Crippen LogP contribution in [0.4, 0.5) is 18.0 Å². The summed E-state index contributed by atoms with van der Waals surface area (Å²) in [6.07, 6.45) is -0.674. The molecule has 0 spiro atoms. The Morgan fingerprint density at radius 2 is 1.91 bits per heavy atom. The summed E-state index contributed by atoms with van der Waals surface area (Å²) in [6.45, 7) is 4.97. The Hall–Kier alpha value is -2.82. The zero-order valence-corrected chi connectivity index (χ0v) is 20.0. The number of imidazole rings is 1. The Morgan fingerprint density at radius 3 is 2.51 bits per heavy atom. The maximum absolute atomic E-state index is 15.7. The van der Waals surface area contributed by atoms with Gasteiger partial charge in [-0.25, -0.2) is 22.9 Å². The first kappa shape index (κ1) is 25.3. The highest BCUT2D eigenvalue weighted by Crippen LogP contribution is 2.42. The molecule has 1 aliphatic heterocycles. The van der Waals surface area contributed by atoms with Crippen LogP contribution in [0.2, 0.25) is 0 Å². The number of carbonyl (C=O) groups is 2. The van der Waals surface area contributed by atoms with E-state index in [1.165, 1.54) is 17.0 Å². The van der Waals surface area contributed by atoms with Crippen molar-refractivity contribution < 1.29 is 32.6 Å². The lowest BCUT2D eigenvalue weighted by atomic mass is 9.79. The smallest absolute Gasteiger partial charge is 0.410 e. The van der Waals surface area contributed by atoms with E-state index in [-0.39, 0.29) is 68.0 Å². The van der Waals surface area contributed by atoms with Crippen molar-refractivity contribution in [1.29, 1.82) is 0 Å². The number of nitrogens with one attached hydrogen (secondary N) is 1. The van der Waals surface area contributed by atoms with Crippen molar-refractivity contribution >= 4 is 23.1 Å². The zero-order valence-electron chi connectivity index (χ0n) is 20.0. The molecule has 1 saturated heterocycles. The van der Waals surface area contributed by atoms with Crippen LogP contribution in [-0.4, -0.2) is 56.7 Å². The van der Waals surface area contributed by atoms with Crippen molar-refractivity contribution in [2.75, 3.05) is 13.1 Å². The van der Waals surface area contributed by atoms with Gasteiger partial charge in [0, 0.05) is 31.5 Å². The molecule has 1 saturated carbocycles. The Labute approximate surface area is 201 Å². The second-order valence-electron chi connectivity index (χ2n) is 10.7. The van der Waals surface area contributed by atoms with Gasteiger partial charge >= 0.3 is 12.1 Å². The number of aromatic amines is 1. The highest BCUT2D eigenvalue weighted by Gasteiger charge is 2.50. The van der Waals surface area contributed by atoms with Gasteiger partial charge in [-0.1, -0.05) is 6.07 Å². The lowest BCUT2D eigenvalue weighted by Crippen LogP contribution is -2.42. The number of nitrogens with zero attached hydrogens (tertiary/aromatic N) is 2. The van der Waals surface area contributed by atoms with Gasteiger partial charge in [-0.05, 0) is 52.0 Å². The number of rotatable bonds is 4. The first-order valence-electron chi connectivity index (χ1n) is 11.8. The Morgan fingerprint density at radius 1 is 1.26 bits per heavy atom. The van der Waals surface area contributed by atoms with Crippen molar-refractivity contribution in [3.63, 3.8) is 0 Å². The molecule has 2 atom stereocenters. The third-order valence-electron chi connectivity index (χ3n) is 7.04. The topological polar surface area (TPSA) is 122 Å². The Kier molecular flexibility index (Phi) is 6.27. The van der Waals surface area contributed by atoms with Crippen molar-refractivity contribution in [1.82, 2.24) is 14.9 Å². The Bertz CT molecular complexity index is 1140. The minimum Gasteiger partial charge on any atom is -0.481 e. The van der Waals surface area contributed by atoms with Gasteiger partial charge in [-0.15, -0.1) is 0 Å². The fraction of sp³-hybridized carbons (Fsp3) is 0.625. The number of hydrogen-bond acceptors (Lipinski definition) is 5. The quantitative estimate of drug-likeness (QED) is 0.573. The number of aliphatic carboxylic acids is 1. The summed E-state index contributed by atoms with van der Waals surface area (Å²) in [7, 11) is 0. The number of ether oxygens (including phenoxy) is 1. The molecule has 0 radical (unpaired) electrons. The van der Waals surface area contributed by atoms with E-state index < -0.39 is 40.9 Å². The van der Waals surface area contributed by atoms with E-state index in [0.29, 0.717) is 5.52 Å². The molecular weight excluding hydrogens is 465 g/mol. The maximum atomic E-state index is 15.7. The highest BCUT2D eigenvalue weighted by atomic mass is 19.3. The molecule has 2 aliphatic rings. The van der Waals surface area contributed by atoms with Gasteiger partial charge < -0.3 is 25.5 Å². The van der Waals surface area contributed by atoms with Gasteiger partial charge in [0.15, 0.2) is 5.82 Å². The van der Waals surface area contributed by atoms with Gasteiger partial charge in [0.25, 0.3) is 0 Å². The predicted molar refractivity (Wildman–Crippen MR) is 122 cm³/mol. The standard InChI is InChI=1S/C24H31F3N4O4/c1-22(2,3)35-21(34)31-11-10-23(12-31,20(32)33)14-4-5-15-18(16(14)25)30-19(29-15)17(28)13-6-8-24(26,27)9-7-13/h4-5,13,17H,6-12,28H2,1-3H3,(H,29,30)(H,32,33)/t17-,23?/m0/s1. The lowest BCUT2D eigenvalue weighted by molar-refractivity contribution is -0.143. The fourth-order valence-corrected chi connectivity index (χ4v) is 5.04. The number of hydrogen-bond donors (Lipinski definition) is 3. The van der Waals surface area contributed by atoms with Crippen LogP contribution >= 0.6 is 0 Å². The third-order valence-corrected chi connectivity index (χ3v) is 7.04. The SMILES string of the molecule is CC(C)(C)OC(=O)N1CCC(C(=O)O)(c2ccc3[nH]c([C@@H](N)C4CCC(F)(F)CC4)nc3c2F)C1. The van der Waals surface area contributed by atoms with Crippen molar-refractivity contribution in [2.45, 2.75) is 75.9 Å². The molecule has 1 aliphatic carbocycles. The van der Waals surface area contributed by atoms with Crippen LogP contribution in [0.5, 0.6) is 0 Å². The van der Waals surface area contributed by atoms with Gasteiger partial charge in [-0.3, -0.25) is 4.79 Å². The molecule has 4 rings (SSSR count). The highest BCUT2D eigenvalue weighted by molar-refractivity contribution is 5.87. The minimum atomic E-state index is -2.69. The fourth-order valence-electron chi connectivity index (χ4n) is 5.04. The van der Waals surface area contributed by atoms with E-state index in [2.05, 4.69) is 9.97 Å². The molecule has 192 valence electrons. The number of amides is 1. The Balaban J connectivity index is 1.62. The first-order valence-corrected chi connectivity index (χ1v) is 11.8. The number of carbonyl (C=O) groups excluding carboxylic acids is 1. The number of alkyl halides is 2. The van der Waals surface area contributed by atoms with E-state index in [4.69, 9.17) is 10.5 Å². The summed E-state index contributed by atoms with van der Waals surface area (Å²) >= 11 is 0. The van der Waals surface area contributed by atoms with Gasteiger partial charge in [-0.2, -0.15) is 0 Å². The molecule has 1 amide bonds. The predicted octanol–water partition coefficient (Wildman–Crippen LogP) is 4.49. The molecular formula is C24H31F3N4O4. The zero-order chi connectivity index (χ0) is 25.8. The minimum absolute atomic E-state index is 0.0110. The summed E-state index contributed by atoms with van der Waals surface area (Å²) in [4.78, 5) is 33.4. The average molecular weight is 497 g/mol. The number of H-pyrrole nitrogens is 1. The number of benzene rings is 1. The normalized spacial score (nSPS) is 24.0. The van der Waals surface area contributed by atoms with Crippen molar-refractivity contribution in [3.05, 3.63) is 29.3 Å². The number of aromatic nitrogens is 2. The molecule has 35 heavy (non-hydrogen) atoms. The number of carboxylic acid groups (broad SMARTS) is 1. The molecule has 1 aromatic carbocycles. The lowest BCUT2D eigenvalue weighted by Gasteiger charge is -2.31. The molecule has 1 aromatic heterocycles. The summed E-state index contributed by atoms with van der Waals surface area (Å²) in [5, 5.41) is 10.1. The maximum Gasteiger partial charge on any atom is 0.410 e. The molecule has 8 nitrogen and oxygen atoms in total. The molecule has 4 N–H and O–H groups in total. The van der Waals surface area contributed by atoms with E-state index >= 15 is 4.39 Å². The van der Waals surface area contributed by atoms with Crippen LogP contribution in [0.1, 0.15) is 70.3 Å². The number of likely N-dealkylation sites (tertiary alicyclic amines) is 1. The van der Waals surface area contributed by atoms with Crippen LogP contribution in [0.15, 0.2) is 12.1 Å². The second-order valence-corrected chi connectivity index (χ2v) is 10.7. The molecule has 1 unspecified atom stereocenters. The van der Waals surface area contributed by atoms with Gasteiger partial charge in [0.1, 0.15) is 22.4 Å². The third kappa shape index (κ3) is 4.82. The number of nitrogens with two attached hydrogens (primary N) is 1. The summed E-state index contributed by atoms with van der Waals surface area (Å²) in [6, 6.07) is 2.25. The van der Waals surface area contributed by atoms with E-state index in [1.807, 2.05) is 0 Å². The summed E-state index contributed by atoms with van der Waals surface area (Å²) in [5.74, 6) is -4.69. The van der Waals surface area contributed by atoms with Crippen LogP contribution < -0.4 is 5.73 Å². The molecule has 2 heterocycles. The number of carboxylic acids is 1. The molecule has 2 aromatic rings. The second kappa shape index (κ2) is 8.69. The van der Waals surface area contributed by atoms with E-state index in [9.17, 15) is 23.5 Å². The van der Waals surface area contributed by atoms with Gasteiger partial charge in [0.05, 0.1) is 11.6 Å². The molecule has 11 heteroatoms. The van der Waals surface area contributed by atoms with E-state index in [1.54, 1.807) is 20.8 Å². The number of halogens is 3. The van der Waals surface area contributed by atoms with Crippen LogP contribution in [0.25, 0.3) is 11.0 Å². The number of fused-ring (bicyclic) bond motifs is 1. The van der Waals surface area contributed by atoms with Crippen LogP contribution in [0, 0.1) is 11.7 Å². The van der Waals surface area contributed by atoms with Crippen molar-refractivity contribution in [3.8, 4) is 0 Å². The monoisotopic (exact) mass is 496 g/mol. The summed E-state index contributed by atoms with van der Waals surface area (Å²) in [5.41, 5.74) is 4.07. The molecule has 0 bridgehead atoms. The largest absolute Gasteiger partial charge is 0.481 e. The first-order chi connectivity index (χ1) is 16.2. The van der Waals surface area contributed by atoms with Crippen molar-refractivity contribution in [2.24, 2.45) is 11.7 Å². The van der Waals surface area contributed by atoms with Crippen LogP contribution in [-0.2, 0) is 14.9 Å². The van der Waals surface area contributed by atoms with Crippen LogP contribution in [0.3, 0.4) is 0 Å². The molecule has 2 fully saturated rings. The van der Waals surface area contributed by atoms with Gasteiger partial charge in [0.2, 0.25) is 5.92 Å². The summed E-state index contributed by atoms with van der Waals surface area (Å²) < 4.78 is 48.1.